The first-order valence-corrected chi connectivity index (χ1v) is 4.45. The van der Waals surface area contributed by atoms with Gasteiger partial charge in [0, 0.05) is 17.7 Å². The number of rotatable bonds is 4. The van der Waals surface area contributed by atoms with Gasteiger partial charge >= 0.3 is 0 Å². The van der Waals surface area contributed by atoms with Crippen molar-refractivity contribution in [1.29, 1.82) is 0 Å². The Hall–Kier alpha value is -1.25. The van der Waals surface area contributed by atoms with Crippen molar-refractivity contribution < 1.29 is 20.2 Å². The maximum absolute atomic E-state index is 10.4. The minimum Gasteiger partial charge on any atom is -0.395 e. The van der Waals surface area contributed by atoms with Crippen LogP contribution in [0.5, 0.6) is 0 Å². The second-order valence-corrected chi connectivity index (χ2v) is 3.32. The lowest BCUT2D eigenvalue weighted by atomic mass is 9.99. The predicted octanol–water partition coefficient (Wildman–Crippen LogP) is -0.526. The van der Waals surface area contributed by atoms with E-state index in [1.807, 2.05) is 0 Å². The van der Waals surface area contributed by atoms with E-state index in [-0.39, 0.29) is 23.7 Å². The maximum Gasteiger partial charge on any atom is 0.269 e. The Morgan fingerprint density at radius 3 is 2.18 bits per heavy atom. The first-order valence-electron chi connectivity index (χ1n) is 4.45. The molecule has 0 saturated carbocycles. The zero-order valence-electron chi connectivity index (χ0n) is 8.68. The molecule has 0 saturated heterocycles. The number of nitro benzene ring substituents is 1. The minimum atomic E-state index is -2.41. The predicted molar refractivity (Wildman–Crippen MR) is 61.5 cm³/mol. The Bertz CT molecular complexity index is 381. The zero-order valence-corrected chi connectivity index (χ0v) is 9.50. The van der Waals surface area contributed by atoms with Crippen LogP contribution in [0.1, 0.15) is 5.56 Å². The first-order chi connectivity index (χ1) is 7.39. The molecule has 1 aromatic carbocycles. The number of nitrogens with zero attached hydrogens (tertiary/aromatic N) is 1. The number of nitrogens with two attached hydrogens (primary N) is 1. The van der Waals surface area contributed by atoms with E-state index in [1.54, 1.807) is 0 Å². The van der Waals surface area contributed by atoms with Gasteiger partial charge in [-0.1, -0.05) is 0 Å². The molecular formula is C9H13ClN2O5. The molecule has 0 aliphatic rings. The third-order valence-corrected chi connectivity index (χ3v) is 2.22. The quantitative estimate of drug-likeness (QED) is 0.329. The number of aliphatic hydroxyl groups is 3. The summed E-state index contributed by atoms with van der Waals surface area (Å²) in [4.78, 5) is 9.76. The molecule has 1 unspecified atom stereocenters. The summed E-state index contributed by atoms with van der Waals surface area (Å²) in [7, 11) is 0. The SMILES string of the molecule is Cl.NC(CO)C(O)(O)c1ccc([N+](=O)[O-])cc1. The van der Waals surface area contributed by atoms with Gasteiger partial charge in [-0.15, -0.1) is 12.4 Å². The fourth-order valence-electron chi connectivity index (χ4n) is 1.17. The van der Waals surface area contributed by atoms with E-state index in [1.165, 1.54) is 12.1 Å². The van der Waals surface area contributed by atoms with E-state index in [4.69, 9.17) is 10.8 Å². The monoisotopic (exact) mass is 264 g/mol. The average molecular weight is 265 g/mol. The Kier molecular flexibility index (Phi) is 5.46. The fourth-order valence-corrected chi connectivity index (χ4v) is 1.17. The summed E-state index contributed by atoms with van der Waals surface area (Å²) in [5.41, 5.74) is 5.11. The van der Waals surface area contributed by atoms with Gasteiger partial charge in [-0.05, 0) is 12.1 Å². The van der Waals surface area contributed by atoms with Gasteiger partial charge in [0.05, 0.1) is 17.6 Å². The van der Waals surface area contributed by atoms with Crippen LogP contribution < -0.4 is 5.73 Å². The number of aliphatic hydroxyl groups excluding tert-OH is 1. The second-order valence-electron chi connectivity index (χ2n) is 3.32. The molecule has 0 amide bonds. The van der Waals surface area contributed by atoms with Crippen molar-refractivity contribution in [2.75, 3.05) is 6.61 Å². The van der Waals surface area contributed by atoms with Gasteiger partial charge in [0.25, 0.3) is 5.69 Å². The van der Waals surface area contributed by atoms with Crippen LogP contribution in [-0.2, 0) is 5.79 Å². The largest absolute Gasteiger partial charge is 0.395 e. The third-order valence-electron chi connectivity index (χ3n) is 2.22. The van der Waals surface area contributed by atoms with Crippen molar-refractivity contribution in [2.45, 2.75) is 11.8 Å². The first kappa shape index (κ1) is 15.8. The van der Waals surface area contributed by atoms with Gasteiger partial charge in [-0.2, -0.15) is 0 Å². The van der Waals surface area contributed by atoms with Crippen molar-refractivity contribution in [3.63, 3.8) is 0 Å². The molecule has 0 aromatic heterocycles. The summed E-state index contributed by atoms with van der Waals surface area (Å²) >= 11 is 0. The van der Waals surface area contributed by atoms with Gasteiger partial charge < -0.3 is 21.1 Å². The Morgan fingerprint density at radius 1 is 1.35 bits per heavy atom. The summed E-state index contributed by atoms with van der Waals surface area (Å²) in [5.74, 6) is -2.41. The number of hydrogen-bond donors (Lipinski definition) is 4. The van der Waals surface area contributed by atoms with E-state index in [0.717, 1.165) is 12.1 Å². The highest BCUT2D eigenvalue weighted by molar-refractivity contribution is 5.85. The molecule has 8 heteroatoms. The number of non-ortho nitro benzene ring substituents is 1. The Balaban J connectivity index is 0.00000256. The molecule has 17 heavy (non-hydrogen) atoms. The lowest BCUT2D eigenvalue weighted by molar-refractivity contribution is -0.384. The van der Waals surface area contributed by atoms with E-state index in [9.17, 15) is 20.3 Å². The molecule has 1 aromatic rings. The third kappa shape index (κ3) is 3.35. The van der Waals surface area contributed by atoms with Crippen molar-refractivity contribution in [1.82, 2.24) is 0 Å². The number of benzene rings is 1. The average Bonchev–Trinajstić information content (AvgIpc) is 2.28. The normalized spacial score (nSPS) is 12.7. The molecule has 0 fully saturated rings. The lowest BCUT2D eigenvalue weighted by Crippen LogP contribution is -2.47. The van der Waals surface area contributed by atoms with E-state index in [0.29, 0.717) is 0 Å². The van der Waals surface area contributed by atoms with E-state index in [2.05, 4.69) is 0 Å². The van der Waals surface area contributed by atoms with E-state index >= 15 is 0 Å². The molecule has 5 N–H and O–H groups in total. The van der Waals surface area contributed by atoms with Gasteiger partial charge in [0.1, 0.15) is 0 Å². The summed E-state index contributed by atoms with van der Waals surface area (Å²) in [6.45, 7) is -0.621. The van der Waals surface area contributed by atoms with Crippen molar-refractivity contribution in [3.8, 4) is 0 Å². The van der Waals surface area contributed by atoms with Gasteiger partial charge in [-0.25, -0.2) is 0 Å². The van der Waals surface area contributed by atoms with Crippen LogP contribution in [0.25, 0.3) is 0 Å². The topological polar surface area (TPSA) is 130 Å². The molecular weight excluding hydrogens is 252 g/mol. The summed E-state index contributed by atoms with van der Waals surface area (Å²) in [6, 6.07) is 3.32. The number of hydrogen-bond acceptors (Lipinski definition) is 6. The Morgan fingerprint density at radius 2 is 1.82 bits per heavy atom. The minimum absolute atomic E-state index is 0. The molecule has 1 atom stereocenters. The smallest absolute Gasteiger partial charge is 0.269 e. The maximum atomic E-state index is 10.4. The van der Waals surface area contributed by atoms with Crippen LogP contribution >= 0.6 is 12.4 Å². The number of nitro groups is 1. The summed E-state index contributed by atoms with van der Waals surface area (Å²) in [6.07, 6.45) is 0. The van der Waals surface area contributed by atoms with Crippen LogP contribution in [0.15, 0.2) is 24.3 Å². The number of halogens is 1. The molecule has 0 radical (unpaired) electrons. The van der Waals surface area contributed by atoms with Crippen molar-refractivity contribution in [2.24, 2.45) is 5.73 Å². The lowest BCUT2D eigenvalue weighted by Gasteiger charge is -2.27. The zero-order chi connectivity index (χ0) is 12.3. The Labute approximate surface area is 103 Å². The van der Waals surface area contributed by atoms with Crippen LogP contribution in [0.2, 0.25) is 0 Å². The van der Waals surface area contributed by atoms with Crippen molar-refractivity contribution >= 4 is 18.1 Å². The molecule has 0 aliphatic carbocycles. The standard InChI is InChI=1S/C9H12N2O5.ClH/c10-8(5-12)9(13,14)6-1-3-7(4-2-6)11(15)16;/h1-4,8,12-14H,5,10H2;1H. The highest BCUT2D eigenvalue weighted by Gasteiger charge is 2.33. The molecule has 1 rings (SSSR count). The van der Waals surface area contributed by atoms with Gasteiger partial charge in [0.2, 0.25) is 5.79 Å². The van der Waals surface area contributed by atoms with Crippen LogP contribution in [0.3, 0.4) is 0 Å². The van der Waals surface area contributed by atoms with Gasteiger partial charge in [0.15, 0.2) is 0 Å². The van der Waals surface area contributed by atoms with Crippen molar-refractivity contribution in [3.05, 3.63) is 39.9 Å². The van der Waals surface area contributed by atoms with Gasteiger partial charge in [-0.3, -0.25) is 10.1 Å². The summed E-state index contributed by atoms with van der Waals surface area (Å²) < 4.78 is 0. The van der Waals surface area contributed by atoms with Crippen LogP contribution in [0.4, 0.5) is 5.69 Å². The molecule has 96 valence electrons. The molecule has 0 heterocycles. The highest BCUT2D eigenvalue weighted by Crippen LogP contribution is 2.23. The molecule has 7 nitrogen and oxygen atoms in total. The fraction of sp³-hybridized carbons (Fsp3) is 0.333. The van der Waals surface area contributed by atoms with Crippen LogP contribution in [-0.4, -0.2) is 32.9 Å². The molecule has 0 spiro atoms. The second kappa shape index (κ2) is 5.89. The van der Waals surface area contributed by atoms with Crippen LogP contribution in [0, 0.1) is 10.1 Å². The molecule has 0 aliphatic heterocycles. The molecule has 0 bridgehead atoms. The highest BCUT2D eigenvalue weighted by atomic mass is 35.5. The van der Waals surface area contributed by atoms with E-state index < -0.39 is 23.4 Å². The summed E-state index contributed by atoms with van der Waals surface area (Å²) in [5, 5.41) is 38.3.